The second-order valence-corrected chi connectivity index (χ2v) is 8.15. The molecule has 4 rings (SSSR count). The van der Waals surface area contributed by atoms with Gasteiger partial charge in [-0.1, -0.05) is 11.8 Å². The van der Waals surface area contributed by atoms with Gasteiger partial charge in [-0.15, -0.1) is 11.3 Å². The summed E-state index contributed by atoms with van der Waals surface area (Å²) in [5.74, 6) is 0.107. The Hall–Kier alpha value is -2.71. The Morgan fingerprint density at radius 2 is 2.07 bits per heavy atom. The van der Waals surface area contributed by atoms with Gasteiger partial charge in [0.05, 0.1) is 5.75 Å². The molecule has 0 aliphatic carbocycles. The van der Waals surface area contributed by atoms with Crippen LogP contribution >= 0.6 is 23.1 Å². The van der Waals surface area contributed by atoms with Gasteiger partial charge in [-0.3, -0.25) is 4.79 Å². The highest BCUT2D eigenvalue weighted by Gasteiger charge is 2.14. The number of aromatic nitrogens is 2. The molecule has 0 bridgehead atoms. The first kappa shape index (κ1) is 17.7. The number of nitrogens with one attached hydrogen (secondary N) is 1. The van der Waals surface area contributed by atoms with Crippen molar-refractivity contribution in [2.75, 3.05) is 11.1 Å². The number of hydrogen-bond acceptors (Lipinski definition) is 7. The molecule has 6 nitrogen and oxygen atoms in total. The van der Waals surface area contributed by atoms with Crippen LogP contribution < -0.4 is 10.9 Å². The third-order valence-corrected chi connectivity index (χ3v) is 6.28. The number of fused-ring (bicyclic) bond motifs is 2. The fraction of sp³-hybridized carbons (Fsp3) is 0.158. The summed E-state index contributed by atoms with van der Waals surface area (Å²) in [7, 11) is 0. The van der Waals surface area contributed by atoms with Crippen molar-refractivity contribution in [1.82, 2.24) is 9.97 Å². The van der Waals surface area contributed by atoms with E-state index in [9.17, 15) is 9.59 Å². The quantitative estimate of drug-likeness (QED) is 0.316. The molecule has 1 aromatic carbocycles. The number of rotatable bonds is 4. The summed E-state index contributed by atoms with van der Waals surface area (Å²) in [5, 5.41) is 5.46. The number of benzene rings is 1. The lowest BCUT2D eigenvalue weighted by atomic mass is 10.2. The number of thioether (sulfide) groups is 1. The van der Waals surface area contributed by atoms with Crippen LogP contribution in [0.3, 0.4) is 0 Å². The molecular weight excluding hydrogens is 382 g/mol. The zero-order valence-corrected chi connectivity index (χ0v) is 16.2. The number of carbonyl (C=O) groups excluding carboxylic acids is 1. The van der Waals surface area contributed by atoms with E-state index in [4.69, 9.17) is 4.42 Å². The lowest BCUT2D eigenvalue weighted by Gasteiger charge is -2.06. The van der Waals surface area contributed by atoms with Crippen LogP contribution in [-0.2, 0) is 4.79 Å². The van der Waals surface area contributed by atoms with Crippen molar-refractivity contribution in [2.45, 2.75) is 18.9 Å². The Kier molecular flexibility index (Phi) is 4.67. The Labute approximate surface area is 162 Å². The maximum absolute atomic E-state index is 12.4. The van der Waals surface area contributed by atoms with Crippen molar-refractivity contribution in [1.29, 1.82) is 0 Å². The molecule has 8 heteroatoms. The van der Waals surface area contributed by atoms with Crippen LogP contribution in [0.2, 0.25) is 0 Å². The molecule has 136 valence electrons. The van der Waals surface area contributed by atoms with E-state index in [1.165, 1.54) is 29.0 Å². The van der Waals surface area contributed by atoms with Gasteiger partial charge in [-0.2, -0.15) is 0 Å². The highest BCUT2D eigenvalue weighted by molar-refractivity contribution is 8.00. The predicted octanol–water partition coefficient (Wildman–Crippen LogP) is 4.15. The van der Waals surface area contributed by atoms with Crippen molar-refractivity contribution in [2.24, 2.45) is 0 Å². The second-order valence-electron chi connectivity index (χ2n) is 5.99. The molecular formula is C19H15N3O3S2. The molecule has 0 saturated carbocycles. The molecule has 4 aromatic rings. The van der Waals surface area contributed by atoms with Gasteiger partial charge in [0.2, 0.25) is 5.91 Å². The van der Waals surface area contributed by atoms with Crippen LogP contribution in [-0.4, -0.2) is 21.6 Å². The fourth-order valence-electron chi connectivity index (χ4n) is 2.74. The minimum absolute atomic E-state index is 0.131. The van der Waals surface area contributed by atoms with E-state index in [-0.39, 0.29) is 11.7 Å². The zero-order valence-electron chi connectivity index (χ0n) is 14.6. The number of nitrogens with zero attached hydrogens (tertiary/aromatic N) is 2. The van der Waals surface area contributed by atoms with Crippen LogP contribution in [0.25, 0.3) is 21.2 Å². The van der Waals surface area contributed by atoms with Crippen molar-refractivity contribution in [3.63, 3.8) is 0 Å². The van der Waals surface area contributed by atoms with Crippen LogP contribution in [0, 0.1) is 13.8 Å². The third-order valence-electron chi connectivity index (χ3n) is 4.17. The fourth-order valence-corrected chi connectivity index (χ4v) is 4.66. The topological polar surface area (TPSA) is 85.1 Å². The minimum atomic E-state index is -0.397. The predicted molar refractivity (Wildman–Crippen MR) is 109 cm³/mol. The van der Waals surface area contributed by atoms with Gasteiger partial charge in [0.15, 0.2) is 0 Å². The Balaban J connectivity index is 1.49. The number of hydrogen-bond donors (Lipinski definition) is 1. The van der Waals surface area contributed by atoms with Crippen LogP contribution in [0.15, 0.2) is 50.9 Å². The molecule has 0 fully saturated rings. The van der Waals surface area contributed by atoms with Crippen molar-refractivity contribution >= 4 is 55.9 Å². The van der Waals surface area contributed by atoms with Gasteiger partial charge in [0, 0.05) is 27.4 Å². The Bertz CT molecular complexity index is 1230. The first-order valence-electron chi connectivity index (χ1n) is 8.18. The van der Waals surface area contributed by atoms with Gasteiger partial charge >= 0.3 is 5.63 Å². The van der Waals surface area contributed by atoms with Gasteiger partial charge in [0.25, 0.3) is 0 Å². The van der Waals surface area contributed by atoms with E-state index < -0.39 is 5.63 Å². The molecule has 0 aliphatic rings. The highest BCUT2D eigenvalue weighted by Crippen LogP contribution is 2.34. The summed E-state index contributed by atoms with van der Waals surface area (Å²) >= 11 is 3.03. The van der Waals surface area contributed by atoms with E-state index >= 15 is 0 Å². The molecule has 27 heavy (non-hydrogen) atoms. The second kappa shape index (κ2) is 7.13. The molecule has 0 spiro atoms. The Morgan fingerprint density at radius 1 is 1.22 bits per heavy atom. The first-order valence-corrected chi connectivity index (χ1v) is 9.99. The minimum Gasteiger partial charge on any atom is -0.423 e. The zero-order chi connectivity index (χ0) is 19.0. The summed E-state index contributed by atoms with van der Waals surface area (Å²) in [6, 6.07) is 8.18. The molecule has 0 aliphatic heterocycles. The van der Waals surface area contributed by atoms with E-state index in [0.29, 0.717) is 11.3 Å². The average molecular weight is 397 g/mol. The number of thiophene rings is 1. The molecule has 0 saturated heterocycles. The van der Waals surface area contributed by atoms with Crippen molar-refractivity contribution < 1.29 is 9.21 Å². The normalized spacial score (nSPS) is 11.2. The average Bonchev–Trinajstić information content (AvgIpc) is 2.95. The van der Waals surface area contributed by atoms with E-state index in [1.807, 2.05) is 0 Å². The van der Waals surface area contributed by atoms with Gasteiger partial charge in [-0.05, 0) is 43.7 Å². The van der Waals surface area contributed by atoms with E-state index in [1.54, 1.807) is 35.6 Å². The van der Waals surface area contributed by atoms with Crippen molar-refractivity contribution in [3.05, 3.63) is 57.5 Å². The summed E-state index contributed by atoms with van der Waals surface area (Å²) in [5.41, 5.74) is 1.90. The van der Waals surface area contributed by atoms with Crippen LogP contribution in [0.1, 0.15) is 10.4 Å². The molecule has 3 aromatic heterocycles. The summed E-state index contributed by atoms with van der Waals surface area (Å²) < 4.78 is 5.10. The largest absolute Gasteiger partial charge is 0.423 e. The van der Waals surface area contributed by atoms with Crippen LogP contribution in [0.4, 0.5) is 5.69 Å². The number of amides is 1. The molecule has 1 amide bonds. The number of aryl methyl sites for hydroxylation is 2. The molecule has 0 unspecified atom stereocenters. The summed E-state index contributed by atoms with van der Waals surface area (Å²) in [6.45, 7) is 4.11. The van der Waals surface area contributed by atoms with E-state index in [0.717, 1.165) is 26.2 Å². The highest BCUT2D eigenvalue weighted by atomic mass is 32.2. The van der Waals surface area contributed by atoms with Gasteiger partial charge < -0.3 is 9.73 Å². The summed E-state index contributed by atoms with van der Waals surface area (Å²) in [4.78, 5) is 34.4. The standard InChI is InChI=1S/C19H15N3O3S2/c1-10-11(2)27-19-17(10)18(20-9-21-19)26-8-15(23)22-13-4-5-14-12(7-13)3-6-16(24)25-14/h3-7,9H,8H2,1-2H3,(H,22,23). The molecule has 0 atom stereocenters. The lowest BCUT2D eigenvalue weighted by Crippen LogP contribution is -2.14. The van der Waals surface area contributed by atoms with E-state index in [2.05, 4.69) is 29.1 Å². The summed E-state index contributed by atoms with van der Waals surface area (Å²) in [6.07, 6.45) is 1.54. The van der Waals surface area contributed by atoms with Crippen molar-refractivity contribution in [3.8, 4) is 0 Å². The Morgan fingerprint density at radius 3 is 2.93 bits per heavy atom. The third kappa shape index (κ3) is 3.58. The molecule has 0 radical (unpaired) electrons. The smallest absolute Gasteiger partial charge is 0.336 e. The first-order chi connectivity index (χ1) is 13.0. The SMILES string of the molecule is Cc1sc2ncnc(SCC(=O)Nc3ccc4oc(=O)ccc4c3)c2c1C. The monoisotopic (exact) mass is 397 g/mol. The van der Waals surface area contributed by atoms with Gasteiger partial charge in [-0.25, -0.2) is 14.8 Å². The maximum atomic E-state index is 12.4. The number of anilines is 1. The van der Waals surface area contributed by atoms with Crippen LogP contribution in [0.5, 0.6) is 0 Å². The van der Waals surface area contributed by atoms with Gasteiger partial charge in [0.1, 0.15) is 21.8 Å². The number of carbonyl (C=O) groups is 1. The lowest BCUT2D eigenvalue weighted by molar-refractivity contribution is -0.113. The maximum Gasteiger partial charge on any atom is 0.336 e. The molecule has 1 N–H and O–H groups in total. The molecule has 3 heterocycles.